The molecule has 0 saturated carbocycles. The lowest BCUT2D eigenvalue weighted by Gasteiger charge is -2.34. The Kier molecular flexibility index (Phi) is 11.5. The highest BCUT2D eigenvalue weighted by Gasteiger charge is 2.69. The number of halogens is 1. The van der Waals surface area contributed by atoms with Gasteiger partial charge in [-0.05, 0) is 38.5 Å². The van der Waals surface area contributed by atoms with Crippen molar-refractivity contribution in [3.63, 3.8) is 0 Å². The SMILES string of the molecule is CC(C)(C)NC(CO)c1cc(Cl)c(N)c(C#N)c1.O=C(O)[C@](O)(C(=O)c1ccccc1)[C@](O)(C(=O)O)C(=O)c1ccccc1. The predicted octanol–water partition coefficient (Wildman–Crippen LogP) is 2.60. The van der Waals surface area contributed by atoms with Gasteiger partial charge in [-0.15, -0.1) is 0 Å². The minimum absolute atomic E-state index is 0.0810. The molecule has 1 unspecified atom stereocenters. The summed E-state index contributed by atoms with van der Waals surface area (Å²) in [6.07, 6.45) is 0. The van der Waals surface area contributed by atoms with E-state index in [0.29, 0.717) is 10.6 Å². The van der Waals surface area contributed by atoms with Crippen molar-refractivity contribution in [1.82, 2.24) is 5.32 Å². The molecule has 0 radical (unpaired) electrons. The van der Waals surface area contributed by atoms with Gasteiger partial charge in [0.2, 0.25) is 11.6 Å². The standard InChI is InChI=1S/C18H14O8.C13H18ClN3O/c19-13(11-7-3-1-4-8-11)17(25,15(21)22)18(26,16(23)24)14(20)12-9-5-2-6-10-12;1-13(2,3)17-11(7-18)8-4-9(6-15)12(16)10(14)5-8/h1-10,25-26H,(H,21,22)(H,23,24);4-5,11,17-18H,7,16H2,1-3H3/t17-,18-;/m1./s1. The molecular formula is C31H32ClN3O9. The summed E-state index contributed by atoms with van der Waals surface area (Å²) in [5, 5.41) is 61.9. The van der Waals surface area contributed by atoms with E-state index in [1.165, 1.54) is 36.4 Å². The Morgan fingerprint density at radius 1 is 0.864 bits per heavy atom. The number of carbonyl (C=O) groups excluding carboxylic acids is 2. The minimum atomic E-state index is -3.95. The Bertz CT molecular complexity index is 1500. The quantitative estimate of drug-likeness (QED) is 0.0979. The van der Waals surface area contributed by atoms with Crippen LogP contribution in [0.5, 0.6) is 0 Å². The number of Topliss-reactive ketones (excluding diaryl/α,β-unsaturated/α-hetero) is 2. The third kappa shape index (κ3) is 7.46. The fourth-order valence-corrected chi connectivity index (χ4v) is 4.35. The zero-order valence-electron chi connectivity index (χ0n) is 24.0. The van der Waals surface area contributed by atoms with E-state index in [0.717, 1.165) is 29.8 Å². The van der Waals surface area contributed by atoms with Crippen LogP contribution in [0.3, 0.4) is 0 Å². The molecule has 0 fully saturated rings. The third-order valence-electron chi connectivity index (χ3n) is 6.34. The number of nitrogens with one attached hydrogen (secondary N) is 1. The maximum absolute atomic E-state index is 12.6. The molecule has 0 saturated heterocycles. The lowest BCUT2D eigenvalue weighted by Crippen LogP contribution is -2.71. The number of aliphatic carboxylic acids is 2. The number of nitrogens with zero attached hydrogens (tertiary/aromatic N) is 1. The van der Waals surface area contributed by atoms with Crippen LogP contribution in [0.4, 0.5) is 5.69 Å². The van der Waals surface area contributed by atoms with Gasteiger partial charge in [0, 0.05) is 16.7 Å². The zero-order valence-corrected chi connectivity index (χ0v) is 24.7. The molecule has 232 valence electrons. The summed E-state index contributed by atoms with van der Waals surface area (Å²) >= 11 is 5.98. The van der Waals surface area contributed by atoms with Gasteiger partial charge in [-0.3, -0.25) is 9.59 Å². The van der Waals surface area contributed by atoms with Crippen LogP contribution >= 0.6 is 11.6 Å². The van der Waals surface area contributed by atoms with Crippen molar-refractivity contribution in [1.29, 1.82) is 5.26 Å². The lowest BCUT2D eigenvalue weighted by atomic mass is 9.73. The van der Waals surface area contributed by atoms with Crippen LogP contribution in [-0.4, -0.2) is 72.4 Å². The number of aliphatic hydroxyl groups excluding tert-OH is 1. The van der Waals surface area contributed by atoms with Crippen molar-refractivity contribution in [2.24, 2.45) is 0 Å². The molecule has 13 heteroatoms. The monoisotopic (exact) mass is 625 g/mol. The van der Waals surface area contributed by atoms with Crippen molar-refractivity contribution >= 4 is 40.8 Å². The first-order chi connectivity index (χ1) is 20.4. The molecule has 0 aromatic heterocycles. The number of nitrogen functional groups attached to an aromatic ring is 1. The molecule has 3 aromatic carbocycles. The van der Waals surface area contributed by atoms with Gasteiger partial charge < -0.3 is 36.6 Å². The molecule has 3 atom stereocenters. The van der Waals surface area contributed by atoms with Crippen LogP contribution in [-0.2, 0) is 9.59 Å². The van der Waals surface area contributed by atoms with E-state index >= 15 is 0 Å². The van der Waals surface area contributed by atoms with E-state index in [4.69, 9.17) is 22.6 Å². The molecule has 3 rings (SSSR count). The summed E-state index contributed by atoms with van der Waals surface area (Å²) in [4.78, 5) is 48.5. The molecule has 0 heterocycles. The Morgan fingerprint density at radius 2 is 1.27 bits per heavy atom. The molecule has 0 aliphatic carbocycles. The first-order valence-corrected chi connectivity index (χ1v) is 13.3. The molecule has 0 aliphatic heterocycles. The van der Waals surface area contributed by atoms with E-state index in [2.05, 4.69) is 5.32 Å². The minimum Gasteiger partial charge on any atom is -0.479 e. The van der Waals surface area contributed by atoms with Gasteiger partial charge in [-0.1, -0.05) is 72.3 Å². The maximum Gasteiger partial charge on any atom is 0.348 e. The number of ketones is 2. The fraction of sp³-hybridized carbons (Fsp3) is 0.258. The van der Waals surface area contributed by atoms with E-state index in [1.807, 2.05) is 26.8 Å². The Hall–Kier alpha value is -4.64. The van der Waals surface area contributed by atoms with Crippen molar-refractivity contribution in [2.75, 3.05) is 12.3 Å². The Labute approximate surface area is 257 Å². The number of nitriles is 1. The molecule has 8 N–H and O–H groups in total. The molecule has 0 bridgehead atoms. The van der Waals surface area contributed by atoms with Crippen LogP contribution in [0.1, 0.15) is 58.7 Å². The molecule has 44 heavy (non-hydrogen) atoms. The lowest BCUT2D eigenvalue weighted by molar-refractivity contribution is -0.187. The van der Waals surface area contributed by atoms with Gasteiger partial charge in [0.25, 0.3) is 11.2 Å². The zero-order chi connectivity index (χ0) is 33.5. The smallest absolute Gasteiger partial charge is 0.348 e. The molecule has 0 aliphatic rings. The number of rotatable bonds is 10. The van der Waals surface area contributed by atoms with Gasteiger partial charge >= 0.3 is 11.9 Å². The van der Waals surface area contributed by atoms with Crippen molar-refractivity contribution < 1.29 is 44.7 Å². The second-order valence-electron chi connectivity index (χ2n) is 10.6. The summed E-state index contributed by atoms with van der Waals surface area (Å²) in [6.45, 7) is 5.92. The van der Waals surface area contributed by atoms with Crippen LogP contribution < -0.4 is 11.1 Å². The Morgan fingerprint density at radius 3 is 1.59 bits per heavy atom. The summed E-state index contributed by atoms with van der Waals surface area (Å²) in [7, 11) is 0. The molecule has 12 nitrogen and oxygen atoms in total. The number of nitrogens with two attached hydrogens (primary N) is 1. The predicted molar refractivity (Wildman–Crippen MR) is 160 cm³/mol. The van der Waals surface area contributed by atoms with Crippen LogP contribution in [0, 0.1) is 11.3 Å². The highest BCUT2D eigenvalue weighted by atomic mass is 35.5. The van der Waals surface area contributed by atoms with Gasteiger partial charge in [0.15, 0.2) is 0 Å². The summed E-state index contributed by atoms with van der Waals surface area (Å²) in [5.74, 6) is -8.03. The number of hydrogen-bond acceptors (Lipinski definition) is 10. The molecular weight excluding hydrogens is 594 g/mol. The summed E-state index contributed by atoms with van der Waals surface area (Å²) < 4.78 is 0. The first kappa shape index (κ1) is 35.6. The highest BCUT2D eigenvalue weighted by molar-refractivity contribution is 6.33. The van der Waals surface area contributed by atoms with Crippen molar-refractivity contribution in [3.05, 3.63) is 100 Å². The summed E-state index contributed by atoms with van der Waals surface area (Å²) in [5.41, 5.74) is -1.80. The van der Waals surface area contributed by atoms with E-state index < -0.39 is 45.8 Å². The number of carboxylic acids is 2. The third-order valence-corrected chi connectivity index (χ3v) is 6.65. The van der Waals surface area contributed by atoms with Crippen molar-refractivity contribution in [3.8, 4) is 6.07 Å². The number of aliphatic hydroxyl groups is 3. The Balaban J connectivity index is 0.000000329. The summed E-state index contributed by atoms with van der Waals surface area (Å²) in [6, 6.07) is 17.9. The topological polar surface area (TPSA) is 231 Å². The molecule has 0 amide bonds. The second kappa shape index (κ2) is 14.2. The average Bonchev–Trinajstić information content (AvgIpc) is 3.00. The van der Waals surface area contributed by atoms with Gasteiger partial charge in [-0.2, -0.15) is 5.26 Å². The molecule has 3 aromatic rings. The maximum atomic E-state index is 12.6. The normalized spacial score (nSPS) is 14.4. The number of hydrogen-bond donors (Lipinski definition) is 7. The van der Waals surface area contributed by atoms with Crippen LogP contribution in [0.15, 0.2) is 72.8 Å². The number of benzene rings is 3. The first-order valence-electron chi connectivity index (χ1n) is 12.9. The molecule has 0 spiro atoms. The number of anilines is 1. The second-order valence-corrected chi connectivity index (χ2v) is 11.0. The number of carbonyl (C=O) groups is 4. The van der Waals surface area contributed by atoms with E-state index in [-0.39, 0.29) is 23.9 Å². The van der Waals surface area contributed by atoms with Crippen LogP contribution in [0.2, 0.25) is 5.02 Å². The van der Waals surface area contributed by atoms with E-state index in [1.54, 1.807) is 12.1 Å². The highest BCUT2D eigenvalue weighted by Crippen LogP contribution is 2.32. The average molecular weight is 626 g/mol. The number of carboxylic acid groups (broad SMARTS) is 2. The van der Waals surface area contributed by atoms with Gasteiger partial charge in [0.05, 0.1) is 28.9 Å². The van der Waals surface area contributed by atoms with Crippen molar-refractivity contribution in [2.45, 2.75) is 43.6 Å². The largest absolute Gasteiger partial charge is 0.479 e. The van der Waals surface area contributed by atoms with E-state index in [9.17, 15) is 44.7 Å². The van der Waals surface area contributed by atoms with Crippen LogP contribution in [0.25, 0.3) is 0 Å². The fourth-order valence-electron chi connectivity index (χ4n) is 4.12. The van der Waals surface area contributed by atoms with Gasteiger partial charge in [-0.25, -0.2) is 9.59 Å². The van der Waals surface area contributed by atoms with Gasteiger partial charge in [0.1, 0.15) is 6.07 Å².